The molecule has 0 amide bonds. The van der Waals surface area contributed by atoms with Crippen molar-refractivity contribution in [3.05, 3.63) is 257 Å². The molecule has 10 aromatic rings. The van der Waals surface area contributed by atoms with E-state index in [9.17, 15) is 0 Å². The molecule has 0 bridgehead atoms. The van der Waals surface area contributed by atoms with Gasteiger partial charge in [0, 0.05) is 39.2 Å². The summed E-state index contributed by atoms with van der Waals surface area (Å²) in [6.45, 7) is 2.38. The second-order valence-electron chi connectivity index (χ2n) is 16.1. The monoisotopic (exact) mass is 753 g/mol. The van der Waals surface area contributed by atoms with Gasteiger partial charge >= 0.3 is 0 Å². The van der Waals surface area contributed by atoms with Crippen molar-refractivity contribution in [2.75, 3.05) is 4.90 Å². The number of furan rings is 1. The first kappa shape index (κ1) is 33.7. The normalized spacial score (nSPS) is 15.7. The van der Waals surface area contributed by atoms with E-state index in [-0.39, 0.29) is 5.41 Å². The molecular formula is C57H39NO. The number of benzene rings is 9. The highest BCUT2D eigenvalue weighted by Gasteiger charge is 2.47. The molecule has 1 atom stereocenters. The maximum absolute atomic E-state index is 6.58. The lowest BCUT2D eigenvalue weighted by molar-refractivity contribution is 0.669. The van der Waals surface area contributed by atoms with Crippen LogP contribution in [0.3, 0.4) is 0 Å². The zero-order chi connectivity index (χ0) is 39.1. The standard InChI is InChI=1S/C57H39NO/c1-56(38-18-5-2-6-19-38)48-27-14-11-24-43(48)47-36-41(33-35-49(47)56)58(42-32-34-45-44-25-13-16-31-53(44)59-54(45)37-42)52-30-17-29-51-55(52)46-26-12-15-28-50(46)57(51,39-20-7-3-8-21-39)40-22-9-4-10-23-40/h2-37H,1H3. The minimum absolute atomic E-state index is 0.290. The smallest absolute Gasteiger partial charge is 0.137 e. The summed E-state index contributed by atoms with van der Waals surface area (Å²) >= 11 is 0. The van der Waals surface area contributed by atoms with Crippen molar-refractivity contribution in [1.29, 1.82) is 0 Å². The number of fused-ring (bicyclic) bond motifs is 9. The first-order chi connectivity index (χ1) is 29.2. The molecule has 0 N–H and O–H groups in total. The molecule has 2 aliphatic carbocycles. The van der Waals surface area contributed by atoms with E-state index in [2.05, 4.69) is 224 Å². The first-order valence-corrected chi connectivity index (χ1v) is 20.5. The molecule has 0 radical (unpaired) electrons. The Balaban J connectivity index is 1.15. The van der Waals surface area contributed by atoms with Crippen LogP contribution in [0.15, 0.2) is 223 Å². The number of hydrogen-bond donors (Lipinski definition) is 0. The Morgan fingerprint density at radius 1 is 0.373 bits per heavy atom. The summed E-state index contributed by atoms with van der Waals surface area (Å²) in [6.07, 6.45) is 0. The van der Waals surface area contributed by atoms with Crippen LogP contribution in [0.1, 0.15) is 45.9 Å². The van der Waals surface area contributed by atoms with Crippen LogP contribution in [0.4, 0.5) is 17.1 Å². The maximum Gasteiger partial charge on any atom is 0.137 e. The van der Waals surface area contributed by atoms with Gasteiger partial charge in [-0.2, -0.15) is 0 Å². The fourth-order valence-electron chi connectivity index (χ4n) is 10.7. The average Bonchev–Trinajstić information content (AvgIpc) is 3.92. The molecule has 1 heterocycles. The van der Waals surface area contributed by atoms with Crippen LogP contribution in [0, 0.1) is 0 Å². The van der Waals surface area contributed by atoms with E-state index in [1.165, 1.54) is 61.2 Å². The Hall–Kier alpha value is -7.42. The van der Waals surface area contributed by atoms with Gasteiger partial charge in [-0.25, -0.2) is 0 Å². The molecule has 0 saturated heterocycles. The molecular weight excluding hydrogens is 715 g/mol. The zero-order valence-corrected chi connectivity index (χ0v) is 32.6. The van der Waals surface area contributed by atoms with E-state index >= 15 is 0 Å². The van der Waals surface area contributed by atoms with Crippen molar-refractivity contribution < 1.29 is 4.42 Å². The molecule has 0 fully saturated rings. The zero-order valence-electron chi connectivity index (χ0n) is 32.6. The molecule has 59 heavy (non-hydrogen) atoms. The van der Waals surface area contributed by atoms with Crippen LogP contribution in [0.25, 0.3) is 44.2 Å². The van der Waals surface area contributed by atoms with Gasteiger partial charge in [0.25, 0.3) is 0 Å². The second-order valence-corrected chi connectivity index (χ2v) is 16.1. The van der Waals surface area contributed by atoms with Gasteiger partial charge in [0.1, 0.15) is 11.2 Å². The van der Waals surface area contributed by atoms with E-state index in [0.717, 1.165) is 39.0 Å². The molecule has 9 aromatic carbocycles. The SMILES string of the molecule is CC1(c2ccccc2)c2ccccc2-c2cc(N(c3ccc4c(c3)oc3ccccc34)c3cccc4c3-c3ccccc3C4(c3ccccc3)c3ccccc3)ccc21. The van der Waals surface area contributed by atoms with Crippen molar-refractivity contribution in [3.8, 4) is 22.3 Å². The van der Waals surface area contributed by atoms with Crippen LogP contribution in [-0.4, -0.2) is 0 Å². The minimum Gasteiger partial charge on any atom is -0.456 e. The lowest BCUT2D eigenvalue weighted by Gasteiger charge is -2.34. The molecule has 0 aliphatic heterocycles. The summed E-state index contributed by atoms with van der Waals surface area (Å²) in [7, 11) is 0. The maximum atomic E-state index is 6.58. The van der Waals surface area contributed by atoms with Gasteiger partial charge in [-0.1, -0.05) is 176 Å². The molecule has 2 aliphatic rings. The van der Waals surface area contributed by atoms with Crippen molar-refractivity contribution >= 4 is 39.0 Å². The minimum atomic E-state index is -0.521. The van der Waals surface area contributed by atoms with Crippen molar-refractivity contribution in [3.63, 3.8) is 0 Å². The predicted octanol–water partition coefficient (Wildman–Crippen LogP) is 14.8. The molecule has 0 saturated carbocycles. The van der Waals surface area contributed by atoms with Crippen LogP contribution < -0.4 is 4.90 Å². The quantitative estimate of drug-likeness (QED) is 0.168. The number of hydrogen-bond acceptors (Lipinski definition) is 2. The third-order valence-electron chi connectivity index (χ3n) is 13.2. The van der Waals surface area contributed by atoms with E-state index in [4.69, 9.17) is 4.42 Å². The van der Waals surface area contributed by atoms with Gasteiger partial charge in [0.15, 0.2) is 0 Å². The lowest BCUT2D eigenvalue weighted by atomic mass is 9.68. The van der Waals surface area contributed by atoms with Gasteiger partial charge in [0.05, 0.1) is 11.1 Å². The Morgan fingerprint density at radius 3 is 1.66 bits per heavy atom. The number of para-hydroxylation sites is 1. The van der Waals surface area contributed by atoms with Gasteiger partial charge in [-0.05, 0) is 99.0 Å². The molecule has 1 aromatic heterocycles. The number of rotatable bonds is 6. The molecule has 2 heteroatoms. The van der Waals surface area contributed by atoms with Crippen molar-refractivity contribution in [1.82, 2.24) is 0 Å². The van der Waals surface area contributed by atoms with E-state index in [1.54, 1.807) is 0 Å². The van der Waals surface area contributed by atoms with Crippen LogP contribution in [-0.2, 0) is 10.8 Å². The Kier molecular flexibility index (Phi) is 7.31. The topological polar surface area (TPSA) is 16.4 Å². The Labute approximate surface area is 344 Å². The third-order valence-corrected chi connectivity index (χ3v) is 13.2. The largest absolute Gasteiger partial charge is 0.456 e. The fraction of sp³-hybridized carbons (Fsp3) is 0.0526. The van der Waals surface area contributed by atoms with Crippen molar-refractivity contribution in [2.45, 2.75) is 17.8 Å². The number of anilines is 3. The van der Waals surface area contributed by atoms with Crippen LogP contribution >= 0.6 is 0 Å². The van der Waals surface area contributed by atoms with E-state index in [0.29, 0.717) is 0 Å². The fourth-order valence-corrected chi connectivity index (χ4v) is 10.7. The highest BCUT2D eigenvalue weighted by molar-refractivity contribution is 6.07. The first-order valence-electron chi connectivity index (χ1n) is 20.5. The summed E-state index contributed by atoms with van der Waals surface area (Å²) in [5.74, 6) is 0. The molecule has 2 nitrogen and oxygen atoms in total. The third kappa shape index (κ3) is 4.69. The van der Waals surface area contributed by atoms with Crippen LogP contribution in [0.5, 0.6) is 0 Å². The highest BCUT2D eigenvalue weighted by atomic mass is 16.3. The van der Waals surface area contributed by atoms with Crippen molar-refractivity contribution in [2.24, 2.45) is 0 Å². The predicted molar refractivity (Wildman–Crippen MR) is 243 cm³/mol. The summed E-state index contributed by atoms with van der Waals surface area (Å²) in [6, 6.07) is 80.1. The van der Waals surface area contributed by atoms with E-state index < -0.39 is 5.41 Å². The van der Waals surface area contributed by atoms with Gasteiger partial charge in [-0.15, -0.1) is 0 Å². The molecule has 0 spiro atoms. The lowest BCUT2D eigenvalue weighted by Crippen LogP contribution is -2.28. The summed E-state index contributed by atoms with van der Waals surface area (Å²) in [4.78, 5) is 2.47. The average molecular weight is 754 g/mol. The summed E-state index contributed by atoms with van der Waals surface area (Å²) in [5, 5.41) is 2.24. The Morgan fingerprint density at radius 2 is 0.915 bits per heavy atom. The number of nitrogens with zero attached hydrogens (tertiary/aromatic N) is 1. The highest BCUT2D eigenvalue weighted by Crippen LogP contribution is 2.60. The summed E-state index contributed by atoms with van der Waals surface area (Å²) in [5.41, 5.74) is 18.2. The second kappa shape index (κ2) is 12.8. The summed E-state index contributed by atoms with van der Waals surface area (Å²) < 4.78 is 6.58. The van der Waals surface area contributed by atoms with Gasteiger partial charge in [-0.3, -0.25) is 0 Å². The van der Waals surface area contributed by atoms with Crippen LogP contribution in [0.2, 0.25) is 0 Å². The Bertz CT molecular complexity index is 3200. The molecule has 12 rings (SSSR count). The molecule has 1 unspecified atom stereocenters. The van der Waals surface area contributed by atoms with Gasteiger partial charge < -0.3 is 9.32 Å². The van der Waals surface area contributed by atoms with E-state index in [1.807, 2.05) is 6.07 Å². The molecule has 278 valence electrons. The van der Waals surface area contributed by atoms with Gasteiger partial charge in [0.2, 0.25) is 0 Å².